The molecule has 3 saturated heterocycles. The minimum atomic E-state index is -0.190. The Labute approximate surface area is 146 Å². The van der Waals surface area contributed by atoms with Crippen LogP contribution in [0.2, 0.25) is 0 Å². The second-order valence-corrected chi connectivity index (χ2v) is 7.90. The number of hydrogen-bond donors (Lipinski definition) is 1. The van der Waals surface area contributed by atoms with Crippen molar-refractivity contribution in [2.45, 2.75) is 11.3 Å². The Morgan fingerprint density at radius 2 is 1.79 bits per heavy atom. The van der Waals surface area contributed by atoms with Gasteiger partial charge in [-0.15, -0.1) is 11.8 Å². The van der Waals surface area contributed by atoms with Crippen molar-refractivity contribution in [1.82, 2.24) is 10.2 Å². The predicted molar refractivity (Wildman–Crippen MR) is 95.1 cm³/mol. The Bertz CT molecular complexity index is 636. The van der Waals surface area contributed by atoms with Crippen LogP contribution in [-0.2, 0) is 9.59 Å². The summed E-state index contributed by atoms with van der Waals surface area (Å²) in [5, 5.41) is 3.40. The largest absolute Gasteiger partial charge is 0.342 e. The third-order valence-electron chi connectivity index (χ3n) is 5.56. The van der Waals surface area contributed by atoms with Crippen molar-refractivity contribution in [2.75, 3.05) is 43.9 Å². The van der Waals surface area contributed by atoms with Crippen LogP contribution in [0.1, 0.15) is 6.42 Å². The Hall–Kier alpha value is -1.53. The van der Waals surface area contributed by atoms with E-state index in [9.17, 15) is 9.59 Å². The molecule has 1 N–H and O–H groups in total. The van der Waals surface area contributed by atoms with Crippen LogP contribution in [0.5, 0.6) is 0 Å². The number of nitrogens with zero attached hydrogens (tertiary/aromatic N) is 2. The van der Waals surface area contributed by atoms with Crippen molar-refractivity contribution in [3.63, 3.8) is 0 Å². The van der Waals surface area contributed by atoms with Gasteiger partial charge in [0.25, 0.3) is 0 Å². The maximum atomic E-state index is 12.8. The molecule has 2 amide bonds. The molecule has 0 saturated carbocycles. The summed E-state index contributed by atoms with van der Waals surface area (Å²) in [5.41, 5.74) is 0.899. The summed E-state index contributed by atoms with van der Waals surface area (Å²) in [4.78, 5) is 30.2. The number of carbonyl (C=O) groups is 2. The molecule has 1 aromatic rings. The molecule has 0 aliphatic carbocycles. The monoisotopic (exact) mass is 345 g/mol. The van der Waals surface area contributed by atoms with E-state index in [2.05, 4.69) is 5.32 Å². The molecule has 1 unspecified atom stereocenters. The maximum Gasteiger partial charge on any atom is 0.228 e. The Morgan fingerprint density at radius 1 is 1.12 bits per heavy atom. The second kappa shape index (κ2) is 6.41. The second-order valence-electron chi connectivity index (χ2n) is 7.03. The summed E-state index contributed by atoms with van der Waals surface area (Å²) in [5.74, 6) is 1.24. The molecule has 3 heterocycles. The van der Waals surface area contributed by atoms with Crippen LogP contribution in [-0.4, -0.2) is 55.7 Å². The molecule has 0 bridgehead atoms. The third-order valence-corrected chi connectivity index (χ3v) is 6.30. The van der Waals surface area contributed by atoms with Crippen LogP contribution in [0.25, 0.3) is 0 Å². The van der Waals surface area contributed by atoms with Gasteiger partial charge in [0.05, 0.1) is 5.92 Å². The summed E-state index contributed by atoms with van der Waals surface area (Å²) in [7, 11) is 0. The zero-order valence-corrected chi connectivity index (χ0v) is 14.7. The lowest BCUT2D eigenvalue weighted by Crippen LogP contribution is -2.37. The highest BCUT2D eigenvalue weighted by molar-refractivity contribution is 7.98. The van der Waals surface area contributed by atoms with Crippen LogP contribution < -0.4 is 10.2 Å². The highest BCUT2D eigenvalue weighted by atomic mass is 32.2. The number of anilines is 1. The number of rotatable bonds is 3. The van der Waals surface area contributed by atoms with E-state index in [1.54, 1.807) is 16.7 Å². The smallest absolute Gasteiger partial charge is 0.228 e. The fraction of sp³-hybridized carbons (Fsp3) is 0.556. The van der Waals surface area contributed by atoms with Gasteiger partial charge in [-0.1, -0.05) is 0 Å². The summed E-state index contributed by atoms with van der Waals surface area (Å²) in [6, 6.07) is 8.00. The van der Waals surface area contributed by atoms with E-state index in [1.807, 2.05) is 35.4 Å². The molecule has 5 nitrogen and oxygen atoms in total. The predicted octanol–water partition coefficient (Wildman–Crippen LogP) is 1.44. The lowest BCUT2D eigenvalue weighted by atomic mass is 10.0. The summed E-state index contributed by atoms with van der Waals surface area (Å²) >= 11 is 1.68. The molecule has 0 radical (unpaired) electrons. The van der Waals surface area contributed by atoms with E-state index in [1.165, 1.54) is 4.90 Å². The molecule has 128 valence electrons. The van der Waals surface area contributed by atoms with E-state index in [4.69, 9.17) is 0 Å². The van der Waals surface area contributed by atoms with Crippen LogP contribution >= 0.6 is 11.8 Å². The average molecular weight is 345 g/mol. The van der Waals surface area contributed by atoms with E-state index >= 15 is 0 Å². The zero-order valence-electron chi connectivity index (χ0n) is 13.9. The molecule has 0 spiro atoms. The van der Waals surface area contributed by atoms with E-state index < -0.39 is 0 Å². The molecule has 0 aromatic heterocycles. The van der Waals surface area contributed by atoms with Crippen LogP contribution in [0, 0.1) is 17.8 Å². The van der Waals surface area contributed by atoms with Gasteiger partial charge in [-0.2, -0.15) is 0 Å². The minimum absolute atomic E-state index is 0.0614. The zero-order chi connectivity index (χ0) is 16.7. The topological polar surface area (TPSA) is 52.7 Å². The van der Waals surface area contributed by atoms with Gasteiger partial charge in [0.1, 0.15) is 0 Å². The fourth-order valence-corrected chi connectivity index (χ4v) is 4.59. The molecule has 3 fully saturated rings. The van der Waals surface area contributed by atoms with Crippen molar-refractivity contribution >= 4 is 29.3 Å². The molecule has 3 atom stereocenters. The van der Waals surface area contributed by atoms with Crippen molar-refractivity contribution in [2.24, 2.45) is 17.8 Å². The lowest BCUT2D eigenvalue weighted by molar-refractivity contribution is -0.135. The normalized spacial score (nSPS) is 29.4. The van der Waals surface area contributed by atoms with Gasteiger partial charge in [-0.3, -0.25) is 9.59 Å². The molecular formula is C18H23N3O2S. The molecule has 4 rings (SSSR count). The van der Waals surface area contributed by atoms with Gasteiger partial charge in [0, 0.05) is 49.7 Å². The third kappa shape index (κ3) is 2.82. The molecule has 3 aliphatic heterocycles. The Kier molecular flexibility index (Phi) is 4.26. The van der Waals surface area contributed by atoms with Gasteiger partial charge in [0.15, 0.2) is 0 Å². The number of amides is 2. The first-order valence-electron chi connectivity index (χ1n) is 8.59. The Balaban J connectivity index is 1.42. The standard InChI is InChI=1S/C18H23N3O2S/c1-24-16-4-2-15(3-5-16)21-11-12(6-17(21)22)18(23)20-9-13-7-19-8-14(13)10-20/h2-5,12-14,19H,6-11H2,1H3/t12?,13-,14+. The first-order chi connectivity index (χ1) is 11.7. The summed E-state index contributed by atoms with van der Waals surface area (Å²) in [6.45, 7) is 4.26. The summed E-state index contributed by atoms with van der Waals surface area (Å²) < 4.78 is 0. The van der Waals surface area contributed by atoms with Gasteiger partial charge in [0.2, 0.25) is 11.8 Å². The first-order valence-corrected chi connectivity index (χ1v) is 9.82. The fourth-order valence-electron chi connectivity index (χ4n) is 4.18. The van der Waals surface area contributed by atoms with Crippen LogP contribution in [0.4, 0.5) is 5.69 Å². The molecule has 3 aliphatic rings. The van der Waals surface area contributed by atoms with Gasteiger partial charge >= 0.3 is 0 Å². The van der Waals surface area contributed by atoms with Gasteiger partial charge in [-0.25, -0.2) is 0 Å². The van der Waals surface area contributed by atoms with E-state index in [0.717, 1.165) is 31.9 Å². The highest BCUT2D eigenvalue weighted by Crippen LogP contribution is 2.31. The molecular weight excluding hydrogens is 322 g/mol. The van der Waals surface area contributed by atoms with E-state index in [0.29, 0.717) is 24.8 Å². The number of carbonyl (C=O) groups excluding carboxylic acids is 2. The number of fused-ring (bicyclic) bond motifs is 1. The minimum Gasteiger partial charge on any atom is -0.342 e. The van der Waals surface area contributed by atoms with Crippen molar-refractivity contribution < 1.29 is 9.59 Å². The Morgan fingerprint density at radius 3 is 2.42 bits per heavy atom. The van der Waals surface area contributed by atoms with E-state index in [-0.39, 0.29) is 17.7 Å². The maximum absolute atomic E-state index is 12.8. The number of benzene rings is 1. The van der Waals surface area contributed by atoms with Gasteiger partial charge < -0.3 is 15.1 Å². The molecule has 6 heteroatoms. The molecule has 24 heavy (non-hydrogen) atoms. The first kappa shape index (κ1) is 16.0. The quantitative estimate of drug-likeness (QED) is 0.843. The summed E-state index contributed by atoms with van der Waals surface area (Å²) in [6.07, 6.45) is 2.37. The van der Waals surface area contributed by atoms with Crippen molar-refractivity contribution in [3.8, 4) is 0 Å². The molecule has 1 aromatic carbocycles. The number of hydrogen-bond acceptors (Lipinski definition) is 4. The highest BCUT2D eigenvalue weighted by Gasteiger charge is 2.43. The lowest BCUT2D eigenvalue weighted by Gasteiger charge is -2.22. The van der Waals surface area contributed by atoms with Crippen molar-refractivity contribution in [1.29, 1.82) is 0 Å². The number of likely N-dealkylation sites (tertiary alicyclic amines) is 1. The van der Waals surface area contributed by atoms with Crippen LogP contribution in [0.15, 0.2) is 29.2 Å². The van der Waals surface area contributed by atoms with Gasteiger partial charge in [-0.05, 0) is 42.4 Å². The number of nitrogens with one attached hydrogen (secondary N) is 1. The number of thioether (sulfide) groups is 1. The average Bonchev–Trinajstić information content (AvgIpc) is 3.28. The SMILES string of the molecule is CSc1ccc(N2CC(C(=O)N3C[C@H]4CNC[C@H]4C3)CC2=O)cc1. The van der Waals surface area contributed by atoms with Crippen molar-refractivity contribution in [3.05, 3.63) is 24.3 Å². The van der Waals surface area contributed by atoms with Crippen LogP contribution in [0.3, 0.4) is 0 Å².